The number of benzene rings is 2. The van der Waals surface area contributed by atoms with Gasteiger partial charge in [-0.25, -0.2) is 0 Å². The molecule has 0 aliphatic rings. The van der Waals surface area contributed by atoms with Gasteiger partial charge in [0.1, 0.15) is 4.99 Å². The standard InChI is InChI=1S/C15H15NS/c1-16(2)15(17)14-10-8-13(9-11-14)12-6-4-3-5-7-12/h3-11H,1-2H3. The second kappa shape index (κ2) is 5.11. The van der Waals surface area contributed by atoms with Gasteiger partial charge in [0, 0.05) is 19.7 Å². The smallest absolute Gasteiger partial charge is 0.108 e. The molecule has 2 heteroatoms. The van der Waals surface area contributed by atoms with Gasteiger partial charge in [-0.2, -0.15) is 0 Å². The van der Waals surface area contributed by atoms with Crippen LogP contribution in [-0.4, -0.2) is 24.0 Å². The number of rotatable bonds is 2. The summed E-state index contributed by atoms with van der Waals surface area (Å²) in [4.78, 5) is 2.82. The molecule has 0 spiro atoms. The third-order valence-corrected chi connectivity index (χ3v) is 3.25. The molecule has 0 aliphatic heterocycles. The highest BCUT2D eigenvalue weighted by molar-refractivity contribution is 7.80. The summed E-state index contributed by atoms with van der Waals surface area (Å²) in [6, 6.07) is 18.7. The molecule has 0 aliphatic carbocycles. The Bertz CT molecular complexity index is 500. The Morgan fingerprint density at radius 3 is 1.88 bits per heavy atom. The Labute approximate surface area is 108 Å². The lowest BCUT2D eigenvalue weighted by atomic mass is 10.0. The van der Waals surface area contributed by atoms with Crippen molar-refractivity contribution in [3.8, 4) is 11.1 Å². The molecule has 0 N–H and O–H groups in total. The van der Waals surface area contributed by atoms with Crippen LogP contribution >= 0.6 is 12.2 Å². The zero-order valence-corrected chi connectivity index (χ0v) is 10.9. The molecule has 0 amide bonds. The summed E-state index contributed by atoms with van der Waals surface area (Å²) >= 11 is 5.33. The average Bonchev–Trinajstić information content (AvgIpc) is 2.39. The summed E-state index contributed by atoms with van der Waals surface area (Å²) in [7, 11) is 3.93. The van der Waals surface area contributed by atoms with Crippen LogP contribution in [0, 0.1) is 0 Å². The van der Waals surface area contributed by atoms with Gasteiger partial charge in [0.25, 0.3) is 0 Å². The predicted molar refractivity (Wildman–Crippen MR) is 77.3 cm³/mol. The van der Waals surface area contributed by atoms with E-state index in [1.165, 1.54) is 11.1 Å². The number of hydrogen-bond acceptors (Lipinski definition) is 1. The van der Waals surface area contributed by atoms with Crippen LogP contribution < -0.4 is 0 Å². The highest BCUT2D eigenvalue weighted by Crippen LogP contribution is 2.19. The summed E-state index contributed by atoms with van der Waals surface area (Å²) in [5.74, 6) is 0. The van der Waals surface area contributed by atoms with Gasteiger partial charge < -0.3 is 4.90 Å². The van der Waals surface area contributed by atoms with Crippen molar-refractivity contribution in [2.24, 2.45) is 0 Å². The molecule has 0 saturated carbocycles. The number of nitrogens with zero attached hydrogens (tertiary/aromatic N) is 1. The molecule has 1 nitrogen and oxygen atoms in total. The Hall–Kier alpha value is -1.67. The van der Waals surface area contributed by atoms with Crippen LogP contribution in [0.2, 0.25) is 0 Å². The van der Waals surface area contributed by atoms with Crippen molar-refractivity contribution in [3.63, 3.8) is 0 Å². The van der Waals surface area contributed by atoms with Crippen LogP contribution in [0.1, 0.15) is 5.56 Å². The van der Waals surface area contributed by atoms with E-state index in [1.807, 2.05) is 37.2 Å². The molecule has 86 valence electrons. The van der Waals surface area contributed by atoms with E-state index >= 15 is 0 Å². The van der Waals surface area contributed by atoms with Gasteiger partial charge in [0.2, 0.25) is 0 Å². The Morgan fingerprint density at radius 2 is 1.35 bits per heavy atom. The van der Waals surface area contributed by atoms with E-state index in [9.17, 15) is 0 Å². The minimum Gasteiger partial charge on any atom is -0.368 e. The molecule has 0 unspecified atom stereocenters. The molecule has 2 rings (SSSR count). The lowest BCUT2D eigenvalue weighted by Crippen LogP contribution is -2.20. The first-order chi connectivity index (χ1) is 8.18. The molecule has 0 atom stereocenters. The van der Waals surface area contributed by atoms with Crippen LogP contribution in [-0.2, 0) is 0 Å². The highest BCUT2D eigenvalue weighted by Gasteiger charge is 2.03. The molecule has 0 bridgehead atoms. The topological polar surface area (TPSA) is 3.24 Å². The van der Waals surface area contributed by atoms with Crippen molar-refractivity contribution >= 4 is 17.2 Å². The molecule has 0 radical (unpaired) electrons. The van der Waals surface area contributed by atoms with Gasteiger partial charge >= 0.3 is 0 Å². The van der Waals surface area contributed by atoms with Crippen LogP contribution in [0.5, 0.6) is 0 Å². The Balaban J connectivity index is 2.28. The zero-order chi connectivity index (χ0) is 12.3. The molecule has 2 aromatic carbocycles. The van der Waals surface area contributed by atoms with Crippen LogP contribution in [0.4, 0.5) is 0 Å². The van der Waals surface area contributed by atoms with Crippen molar-refractivity contribution in [3.05, 3.63) is 60.2 Å². The normalized spacial score (nSPS) is 10.0. The fourth-order valence-corrected chi connectivity index (χ4v) is 1.83. The van der Waals surface area contributed by atoms with E-state index in [0.717, 1.165) is 10.6 Å². The van der Waals surface area contributed by atoms with Crippen LogP contribution in [0.15, 0.2) is 54.6 Å². The fraction of sp³-hybridized carbons (Fsp3) is 0.133. The SMILES string of the molecule is CN(C)C(=S)c1ccc(-c2ccccc2)cc1. The van der Waals surface area contributed by atoms with Crippen molar-refractivity contribution < 1.29 is 0 Å². The Morgan fingerprint density at radius 1 is 0.824 bits per heavy atom. The van der Waals surface area contributed by atoms with Gasteiger partial charge in [-0.05, 0) is 11.1 Å². The maximum Gasteiger partial charge on any atom is 0.108 e. The average molecular weight is 241 g/mol. The molecular formula is C15H15NS. The number of thiocarbonyl (C=S) groups is 1. The molecule has 0 saturated heterocycles. The maximum atomic E-state index is 5.33. The van der Waals surface area contributed by atoms with Crippen molar-refractivity contribution in [2.45, 2.75) is 0 Å². The van der Waals surface area contributed by atoms with Crippen molar-refractivity contribution in [1.29, 1.82) is 0 Å². The van der Waals surface area contributed by atoms with E-state index in [4.69, 9.17) is 12.2 Å². The molecule has 0 fully saturated rings. The highest BCUT2D eigenvalue weighted by atomic mass is 32.1. The van der Waals surface area contributed by atoms with Crippen LogP contribution in [0.25, 0.3) is 11.1 Å². The summed E-state index contributed by atoms with van der Waals surface area (Å²) in [5.41, 5.74) is 3.54. The lowest BCUT2D eigenvalue weighted by Gasteiger charge is -2.14. The van der Waals surface area contributed by atoms with E-state index in [2.05, 4.69) is 36.4 Å². The molecular weight excluding hydrogens is 226 g/mol. The monoisotopic (exact) mass is 241 g/mol. The van der Waals surface area contributed by atoms with Crippen LogP contribution in [0.3, 0.4) is 0 Å². The molecule has 2 aromatic rings. The molecule has 0 heterocycles. The first-order valence-corrected chi connectivity index (χ1v) is 5.96. The second-order valence-electron chi connectivity index (χ2n) is 4.14. The van der Waals surface area contributed by atoms with E-state index in [1.54, 1.807) is 0 Å². The van der Waals surface area contributed by atoms with E-state index in [-0.39, 0.29) is 0 Å². The molecule has 0 aromatic heterocycles. The largest absolute Gasteiger partial charge is 0.368 e. The first-order valence-electron chi connectivity index (χ1n) is 5.55. The summed E-state index contributed by atoms with van der Waals surface area (Å²) in [5, 5.41) is 0. The lowest BCUT2D eigenvalue weighted by molar-refractivity contribution is 0.636. The number of hydrogen-bond donors (Lipinski definition) is 0. The maximum absolute atomic E-state index is 5.33. The van der Waals surface area contributed by atoms with E-state index in [0.29, 0.717) is 0 Å². The predicted octanol–water partition coefficient (Wildman–Crippen LogP) is 3.59. The van der Waals surface area contributed by atoms with E-state index < -0.39 is 0 Å². The zero-order valence-electron chi connectivity index (χ0n) is 10.1. The van der Waals surface area contributed by atoms with Gasteiger partial charge in [-0.1, -0.05) is 66.8 Å². The quantitative estimate of drug-likeness (QED) is 0.739. The molecule has 17 heavy (non-hydrogen) atoms. The Kier molecular flexibility index (Phi) is 3.55. The van der Waals surface area contributed by atoms with Gasteiger partial charge in [0.05, 0.1) is 0 Å². The summed E-state index contributed by atoms with van der Waals surface area (Å²) in [6.07, 6.45) is 0. The van der Waals surface area contributed by atoms with Gasteiger partial charge in [-0.15, -0.1) is 0 Å². The summed E-state index contributed by atoms with van der Waals surface area (Å²) < 4.78 is 0. The summed E-state index contributed by atoms with van der Waals surface area (Å²) in [6.45, 7) is 0. The second-order valence-corrected chi connectivity index (χ2v) is 4.53. The minimum absolute atomic E-state index is 0.865. The fourth-order valence-electron chi connectivity index (χ4n) is 1.69. The first kappa shape index (κ1) is 11.8. The van der Waals surface area contributed by atoms with Crippen molar-refractivity contribution in [1.82, 2.24) is 4.90 Å². The van der Waals surface area contributed by atoms with Gasteiger partial charge in [-0.3, -0.25) is 0 Å². The van der Waals surface area contributed by atoms with Gasteiger partial charge in [0.15, 0.2) is 0 Å². The van der Waals surface area contributed by atoms with Crippen molar-refractivity contribution in [2.75, 3.05) is 14.1 Å². The third-order valence-electron chi connectivity index (χ3n) is 2.65. The third kappa shape index (κ3) is 2.71. The minimum atomic E-state index is 0.865.